The number of alkyl halides is 6. The number of carbonyl (C=O) groups is 1. The van der Waals surface area contributed by atoms with Crippen LogP contribution in [0.5, 0.6) is 0 Å². The molecule has 4 atom stereocenters. The number of rotatable bonds is 4. The number of methoxy groups -OCH3 is 1. The van der Waals surface area contributed by atoms with Crippen LogP contribution in [0.1, 0.15) is 55.8 Å². The Kier molecular flexibility index (Phi) is 9.62. The van der Waals surface area contributed by atoms with Crippen molar-refractivity contribution in [2.45, 2.75) is 82.5 Å². The normalized spacial score (nSPS) is 26.7. The Hall–Kier alpha value is -1.92. The van der Waals surface area contributed by atoms with E-state index < -0.39 is 24.3 Å². The number of aromatic nitrogens is 1. The molecule has 1 N–H and O–H groups in total. The lowest BCUT2D eigenvalue weighted by molar-refractivity contribution is -0.138. The maximum atomic E-state index is 13.1. The van der Waals surface area contributed by atoms with Crippen molar-refractivity contribution in [3.63, 3.8) is 0 Å². The van der Waals surface area contributed by atoms with Crippen molar-refractivity contribution in [3.8, 4) is 0 Å². The predicted octanol–water partition coefficient (Wildman–Crippen LogP) is 4.51. The first kappa shape index (κ1) is 28.6. The van der Waals surface area contributed by atoms with E-state index in [-0.39, 0.29) is 36.6 Å². The number of pyridine rings is 1. The van der Waals surface area contributed by atoms with Gasteiger partial charge >= 0.3 is 12.4 Å². The van der Waals surface area contributed by atoms with Gasteiger partial charge in [-0.2, -0.15) is 26.3 Å². The lowest BCUT2D eigenvalue weighted by atomic mass is 10.00. The summed E-state index contributed by atoms with van der Waals surface area (Å²) in [6.07, 6.45) is -4.39. The summed E-state index contributed by atoms with van der Waals surface area (Å²) in [5.74, 6) is -0.0544. The van der Waals surface area contributed by atoms with Gasteiger partial charge in [0.25, 0.3) is 0 Å². The number of nitrogens with zero attached hydrogens (tertiary/aromatic N) is 2. The van der Waals surface area contributed by atoms with Crippen molar-refractivity contribution >= 4 is 5.91 Å². The average Bonchev–Trinajstić information content (AvgIpc) is 3.31. The van der Waals surface area contributed by atoms with E-state index in [0.717, 1.165) is 44.9 Å². The van der Waals surface area contributed by atoms with E-state index in [2.05, 4.69) is 10.3 Å². The van der Waals surface area contributed by atoms with E-state index >= 15 is 0 Å². The highest BCUT2D eigenvalue weighted by molar-refractivity contribution is 5.79. The van der Waals surface area contributed by atoms with E-state index in [1.165, 1.54) is 0 Å². The minimum absolute atomic E-state index is 0.0161. The Balaban J connectivity index is 0.000000538. The molecule has 1 saturated carbocycles. The molecular formula is C24H33F6N3O3. The zero-order chi connectivity index (χ0) is 26.5. The SMILES string of the molecule is CCC(F)(F)F.COC1COCCC1NC1CCC(C(=O)N2CCc3ncc(C(F)(F)F)cc3C2)C1. The van der Waals surface area contributed by atoms with Crippen LogP contribution in [0.2, 0.25) is 0 Å². The third-order valence-corrected chi connectivity index (χ3v) is 6.92. The molecule has 1 aromatic rings. The largest absolute Gasteiger partial charge is 0.417 e. The summed E-state index contributed by atoms with van der Waals surface area (Å²) in [6, 6.07) is 1.60. The number of hydrogen-bond acceptors (Lipinski definition) is 5. The minimum Gasteiger partial charge on any atom is -0.379 e. The highest BCUT2D eigenvalue weighted by Gasteiger charge is 2.37. The highest BCUT2D eigenvalue weighted by Crippen LogP contribution is 2.33. The number of ether oxygens (including phenoxy) is 2. The maximum Gasteiger partial charge on any atom is 0.417 e. The molecule has 4 unspecified atom stereocenters. The number of amides is 1. The van der Waals surface area contributed by atoms with E-state index in [1.54, 1.807) is 12.0 Å². The fourth-order valence-corrected chi connectivity index (χ4v) is 4.82. The van der Waals surface area contributed by atoms with Crippen molar-refractivity contribution in [3.05, 3.63) is 29.1 Å². The van der Waals surface area contributed by atoms with E-state index in [4.69, 9.17) is 9.47 Å². The smallest absolute Gasteiger partial charge is 0.379 e. The first-order chi connectivity index (χ1) is 16.9. The summed E-state index contributed by atoms with van der Waals surface area (Å²) >= 11 is 0. The van der Waals surface area contributed by atoms with Gasteiger partial charge in [0.1, 0.15) is 0 Å². The van der Waals surface area contributed by atoms with Crippen molar-refractivity contribution < 1.29 is 40.6 Å². The molecule has 0 bridgehead atoms. The molecule has 3 aliphatic rings. The van der Waals surface area contributed by atoms with Crippen LogP contribution in [0.25, 0.3) is 0 Å². The van der Waals surface area contributed by atoms with E-state index in [0.29, 0.717) is 37.4 Å². The average molecular weight is 526 g/mol. The van der Waals surface area contributed by atoms with Gasteiger partial charge in [-0.1, -0.05) is 6.92 Å². The third kappa shape index (κ3) is 7.79. The molecular weight excluding hydrogens is 492 g/mol. The molecule has 6 nitrogen and oxygen atoms in total. The van der Waals surface area contributed by atoms with Gasteiger partial charge in [-0.3, -0.25) is 9.78 Å². The van der Waals surface area contributed by atoms with Crippen LogP contribution in [0.4, 0.5) is 26.3 Å². The van der Waals surface area contributed by atoms with Crippen LogP contribution >= 0.6 is 0 Å². The van der Waals surface area contributed by atoms with Crippen LogP contribution in [-0.2, 0) is 33.4 Å². The van der Waals surface area contributed by atoms with E-state index in [1.807, 2.05) is 0 Å². The summed E-state index contributed by atoms with van der Waals surface area (Å²) < 4.78 is 82.3. The lowest BCUT2D eigenvalue weighted by Gasteiger charge is -2.33. The fourth-order valence-electron chi connectivity index (χ4n) is 4.82. The van der Waals surface area contributed by atoms with Crippen LogP contribution < -0.4 is 5.32 Å². The third-order valence-electron chi connectivity index (χ3n) is 6.92. The Morgan fingerprint density at radius 2 is 1.94 bits per heavy atom. The summed E-state index contributed by atoms with van der Waals surface area (Å²) in [4.78, 5) is 18.7. The number of halogens is 6. The molecule has 1 amide bonds. The number of carbonyl (C=O) groups excluding carboxylic acids is 1. The van der Waals surface area contributed by atoms with Gasteiger partial charge in [0.2, 0.25) is 5.91 Å². The molecule has 1 saturated heterocycles. The minimum atomic E-state index is -4.43. The Morgan fingerprint density at radius 3 is 2.58 bits per heavy atom. The molecule has 3 heterocycles. The number of hydrogen-bond donors (Lipinski definition) is 1. The van der Waals surface area contributed by atoms with Gasteiger partial charge in [0.05, 0.1) is 18.3 Å². The molecule has 0 radical (unpaired) electrons. The second-order valence-electron chi connectivity index (χ2n) is 9.42. The Labute approximate surface area is 206 Å². The van der Waals surface area contributed by atoms with Gasteiger partial charge in [0.15, 0.2) is 0 Å². The first-order valence-electron chi connectivity index (χ1n) is 12.2. The highest BCUT2D eigenvalue weighted by atomic mass is 19.4. The van der Waals surface area contributed by atoms with Crippen LogP contribution in [0.15, 0.2) is 12.3 Å². The second kappa shape index (κ2) is 12.1. The van der Waals surface area contributed by atoms with Gasteiger partial charge in [-0.25, -0.2) is 0 Å². The molecule has 4 rings (SSSR count). The molecule has 2 fully saturated rings. The van der Waals surface area contributed by atoms with Crippen molar-refractivity contribution in [2.24, 2.45) is 5.92 Å². The van der Waals surface area contributed by atoms with Crippen LogP contribution in [-0.4, -0.2) is 67.0 Å². The summed E-state index contributed by atoms with van der Waals surface area (Å²) in [5, 5.41) is 3.64. The Morgan fingerprint density at radius 1 is 1.22 bits per heavy atom. The Bertz CT molecular complexity index is 880. The summed E-state index contributed by atoms with van der Waals surface area (Å²) in [6.45, 7) is 3.06. The molecule has 2 aliphatic heterocycles. The van der Waals surface area contributed by atoms with Crippen LogP contribution in [0.3, 0.4) is 0 Å². The molecule has 0 aromatic carbocycles. The predicted molar refractivity (Wildman–Crippen MR) is 119 cm³/mol. The van der Waals surface area contributed by atoms with Gasteiger partial charge < -0.3 is 19.7 Å². The standard InChI is InChI=1S/C21H28F3N3O3.C3H5F3/c1-29-19-12-30-7-5-18(19)26-16-3-2-13(9-16)20(28)27-6-4-17-14(11-27)8-15(10-25-17)21(22,23)24;1-2-3(4,5)6/h8,10,13,16,18-19,26H,2-7,9,11-12H2,1H3;2H2,1H3. The molecule has 0 spiro atoms. The van der Waals surface area contributed by atoms with E-state index in [9.17, 15) is 31.1 Å². The quantitative estimate of drug-likeness (QED) is 0.587. The lowest BCUT2D eigenvalue weighted by Crippen LogP contribution is -2.50. The summed E-state index contributed by atoms with van der Waals surface area (Å²) in [7, 11) is 1.68. The monoisotopic (exact) mass is 525 g/mol. The molecule has 1 aromatic heterocycles. The topological polar surface area (TPSA) is 63.7 Å². The fraction of sp³-hybridized carbons (Fsp3) is 0.750. The van der Waals surface area contributed by atoms with Crippen molar-refractivity contribution in [2.75, 3.05) is 26.9 Å². The molecule has 36 heavy (non-hydrogen) atoms. The van der Waals surface area contributed by atoms with Gasteiger partial charge in [-0.15, -0.1) is 0 Å². The first-order valence-corrected chi connectivity index (χ1v) is 12.2. The van der Waals surface area contributed by atoms with Crippen LogP contribution in [0, 0.1) is 5.92 Å². The molecule has 12 heteroatoms. The zero-order valence-corrected chi connectivity index (χ0v) is 20.4. The summed E-state index contributed by atoms with van der Waals surface area (Å²) in [5.41, 5.74) is 0.398. The number of fused-ring (bicyclic) bond motifs is 1. The van der Waals surface area contributed by atoms with Gasteiger partial charge in [-0.05, 0) is 37.3 Å². The molecule has 204 valence electrons. The van der Waals surface area contributed by atoms with Crippen molar-refractivity contribution in [1.29, 1.82) is 0 Å². The number of nitrogens with one attached hydrogen (secondary N) is 1. The van der Waals surface area contributed by atoms with Crippen molar-refractivity contribution in [1.82, 2.24) is 15.2 Å². The second-order valence-corrected chi connectivity index (χ2v) is 9.42. The zero-order valence-electron chi connectivity index (χ0n) is 20.4. The van der Waals surface area contributed by atoms with Gasteiger partial charge in [0, 0.05) is 69.5 Å². The molecule has 1 aliphatic carbocycles. The maximum absolute atomic E-state index is 13.1.